The summed E-state index contributed by atoms with van der Waals surface area (Å²) in [5, 5.41) is 3.89. The maximum absolute atomic E-state index is 5.92. The van der Waals surface area contributed by atoms with E-state index >= 15 is 0 Å². The largest absolute Gasteiger partial charge is 0.378 e. The summed E-state index contributed by atoms with van der Waals surface area (Å²) in [5.74, 6) is 0.570. The minimum Gasteiger partial charge on any atom is -0.378 e. The molecular formula is C21H28N2O. The van der Waals surface area contributed by atoms with E-state index in [4.69, 9.17) is 4.74 Å². The topological polar surface area (TPSA) is 34.2 Å². The van der Waals surface area contributed by atoms with Gasteiger partial charge in [0, 0.05) is 37.0 Å². The zero-order valence-corrected chi connectivity index (χ0v) is 14.7. The Morgan fingerprint density at radius 1 is 1.12 bits per heavy atom. The van der Waals surface area contributed by atoms with Gasteiger partial charge in [-0.15, -0.1) is 0 Å². The molecule has 128 valence electrons. The highest BCUT2D eigenvalue weighted by atomic mass is 16.5. The van der Waals surface area contributed by atoms with Crippen LogP contribution in [0.25, 0.3) is 0 Å². The first-order valence-corrected chi connectivity index (χ1v) is 9.05. The molecule has 24 heavy (non-hydrogen) atoms. The Morgan fingerprint density at radius 3 is 2.62 bits per heavy atom. The third-order valence-electron chi connectivity index (χ3n) is 4.84. The van der Waals surface area contributed by atoms with E-state index in [2.05, 4.69) is 66.6 Å². The van der Waals surface area contributed by atoms with Gasteiger partial charge >= 0.3 is 0 Å². The third-order valence-corrected chi connectivity index (χ3v) is 4.84. The average Bonchev–Trinajstić information content (AvgIpc) is 2.63. The number of aromatic nitrogens is 1. The lowest BCUT2D eigenvalue weighted by Crippen LogP contribution is -2.42. The van der Waals surface area contributed by atoms with Crippen LogP contribution >= 0.6 is 0 Å². The number of ether oxygens (including phenoxy) is 1. The first-order valence-electron chi connectivity index (χ1n) is 9.05. The van der Waals surface area contributed by atoms with E-state index in [9.17, 15) is 0 Å². The fourth-order valence-corrected chi connectivity index (χ4v) is 3.41. The van der Waals surface area contributed by atoms with Gasteiger partial charge < -0.3 is 10.1 Å². The number of hydrogen-bond acceptors (Lipinski definition) is 3. The second kappa shape index (κ2) is 8.41. The Balaban J connectivity index is 1.72. The van der Waals surface area contributed by atoms with Crippen molar-refractivity contribution in [3.63, 3.8) is 0 Å². The molecule has 1 aromatic heterocycles. The van der Waals surface area contributed by atoms with Gasteiger partial charge in [0.05, 0.1) is 6.10 Å². The molecule has 3 nitrogen and oxygen atoms in total. The van der Waals surface area contributed by atoms with Gasteiger partial charge in [-0.3, -0.25) is 4.98 Å². The number of nitrogens with zero attached hydrogens (tertiary/aromatic N) is 1. The van der Waals surface area contributed by atoms with Gasteiger partial charge in [-0.1, -0.05) is 50.2 Å². The molecule has 0 aliphatic carbocycles. The molecule has 3 heteroatoms. The van der Waals surface area contributed by atoms with Crippen LogP contribution in [-0.2, 0) is 11.2 Å². The number of hydrogen-bond donors (Lipinski definition) is 1. The van der Waals surface area contributed by atoms with Crippen molar-refractivity contribution in [3.8, 4) is 0 Å². The standard InChI is InChI=1S/C21H28N2O/c1-16(2)21-15-19(11-13-24-21)23-20(17-8-4-3-5-9-17)14-18-10-6-7-12-22-18/h3-10,12,16,19-21,23H,11,13-15H2,1-2H3. The molecule has 3 atom stereocenters. The van der Waals surface area contributed by atoms with Crippen LogP contribution in [0.1, 0.15) is 44.0 Å². The van der Waals surface area contributed by atoms with Crippen molar-refractivity contribution in [1.82, 2.24) is 10.3 Å². The summed E-state index contributed by atoms with van der Waals surface area (Å²) in [4.78, 5) is 4.52. The Bertz CT molecular complexity index is 600. The lowest BCUT2D eigenvalue weighted by molar-refractivity contribution is -0.0260. The maximum atomic E-state index is 5.92. The highest BCUT2D eigenvalue weighted by Crippen LogP contribution is 2.24. The zero-order chi connectivity index (χ0) is 16.8. The molecule has 3 rings (SSSR count). The van der Waals surface area contributed by atoms with Gasteiger partial charge in [0.2, 0.25) is 0 Å². The quantitative estimate of drug-likeness (QED) is 0.866. The van der Waals surface area contributed by atoms with Crippen molar-refractivity contribution in [2.75, 3.05) is 6.61 Å². The van der Waals surface area contributed by atoms with Crippen LogP contribution < -0.4 is 5.32 Å². The van der Waals surface area contributed by atoms with Gasteiger partial charge in [0.15, 0.2) is 0 Å². The summed E-state index contributed by atoms with van der Waals surface area (Å²) >= 11 is 0. The molecular weight excluding hydrogens is 296 g/mol. The van der Waals surface area contributed by atoms with Crippen LogP contribution in [0.15, 0.2) is 54.7 Å². The van der Waals surface area contributed by atoms with Crippen LogP contribution in [0.4, 0.5) is 0 Å². The van der Waals surface area contributed by atoms with E-state index in [0.717, 1.165) is 31.6 Å². The van der Waals surface area contributed by atoms with Crippen LogP contribution in [-0.4, -0.2) is 23.7 Å². The minimum atomic E-state index is 0.289. The van der Waals surface area contributed by atoms with E-state index in [1.807, 2.05) is 12.3 Å². The predicted octanol–water partition coefficient (Wildman–Crippen LogP) is 4.16. The van der Waals surface area contributed by atoms with E-state index in [1.165, 1.54) is 5.56 Å². The van der Waals surface area contributed by atoms with Crippen molar-refractivity contribution in [2.24, 2.45) is 5.92 Å². The van der Waals surface area contributed by atoms with Crippen molar-refractivity contribution in [3.05, 3.63) is 66.0 Å². The molecule has 3 unspecified atom stereocenters. The van der Waals surface area contributed by atoms with E-state index < -0.39 is 0 Å². The summed E-state index contributed by atoms with van der Waals surface area (Å²) in [5.41, 5.74) is 2.46. The number of rotatable bonds is 6. The zero-order valence-electron chi connectivity index (χ0n) is 14.7. The summed E-state index contributed by atoms with van der Waals surface area (Å²) in [6.45, 7) is 5.34. The molecule has 1 aliphatic heterocycles. The van der Waals surface area contributed by atoms with Crippen molar-refractivity contribution >= 4 is 0 Å². The summed E-state index contributed by atoms with van der Waals surface area (Å²) in [6, 6.07) is 17.7. The molecule has 1 aliphatic rings. The smallest absolute Gasteiger partial charge is 0.0612 e. The first kappa shape index (κ1) is 17.1. The first-order chi connectivity index (χ1) is 11.7. The van der Waals surface area contributed by atoms with Crippen molar-refractivity contribution in [2.45, 2.75) is 51.3 Å². The van der Waals surface area contributed by atoms with Crippen molar-refractivity contribution in [1.29, 1.82) is 0 Å². The molecule has 1 fully saturated rings. The van der Waals surface area contributed by atoms with Crippen LogP contribution in [0.3, 0.4) is 0 Å². The number of nitrogens with one attached hydrogen (secondary N) is 1. The predicted molar refractivity (Wildman–Crippen MR) is 97.9 cm³/mol. The molecule has 0 radical (unpaired) electrons. The normalized spacial score (nSPS) is 22.5. The fourth-order valence-electron chi connectivity index (χ4n) is 3.41. The molecule has 1 aromatic carbocycles. The second-order valence-corrected chi connectivity index (χ2v) is 7.03. The average molecular weight is 324 g/mol. The molecule has 2 aromatic rings. The highest BCUT2D eigenvalue weighted by molar-refractivity contribution is 5.21. The van der Waals surface area contributed by atoms with Crippen LogP contribution in [0.2, 0.25) is 0 Å². The Hall–Kier alpha value is -1.71. The Labute approximate surface area is 145 Å². The second-order valence-electron chi connectivity index (χ2n) is 7.03. The molecule has 1 N–H and O–H groups in total. The van der Waals surface area contributed by atoms with Crippen LogP contribution in [0.5, 0.6) is 0 Å². The molecule has 1 saturated heterocycles. The van der Waals surface area contributed by atoms with E-state index in [1.54, 1.807) is 0 Å². The summed E-state index contributed by atoms with van der Waals surface area (Å²) < 4.78 is 5.92. The van der Waals surface area contributed by atoms with Crippen molar-refractivity contribution < 1.29 is 4.74 Å². The van der Waals surface area contributed by atoms with Gasteiger partial charge in [-0.05, 0) is 36.5 Å². The number of pyridine rings is 1. The molecule has 0 spiro atoms. The van der Waals surface area contributed by atoms with Gasteiger partial charge in [0.1, 0.15) is 0 Å². The third kappa shape index (κ3) is 4.65. The summed E-state index contributed by atoms with van der Waals surface area (Å²) in [7, 11) is 0. The van der Waals surface area contributed by atoms with E-state index in [-0.39, 0.29) is 6.04 Å². The lowest BCUT2D eigenvalue weighted by atomic mass is 9.93. The molecule has 0 amide bonds. The Morgan fingerprint density at radius 2 is 1.92 bits per heavy atom. The Kier molecular flexibility index (Phi) is 6.00. The van der Waals surface area contributed by atoms with Gasteiger partial charge in [0.25, 0.3) is 0 Å². The SMILES string of the molecule is CC(C)C1CC(NC(Cc2ccccn2)c2ccccc2)CCO1. The fraction of sp³-hybridized carbons (Fsp3) is 0.476. The molecule has 0 bridgehead atoms. The highest BCUT2D eigenvalue weighted by Gasteiger charge is 2.27. The maximum Gasteiger partial charge on any atom is 0.0612 e. The number of benzene rings is 1. The lowest BCUT2D eigenvalue weighted by Gasteiger charge is -2.35. The minimum absolute atomic E-state index is 0.289. The monoisotopic (exact) mass is 324 g/mol. The molecule has 0 saturated carbocycles. The van der Waals surface area contributed by atoms with Gasteiger partial charge in [-0.25, -0.2) is 0 Å². The van der Waals surface area contributed by atoms with Gasteiger partial charge in [-0.2, -0.15) is 0 Å². The van der Waals surface area contributed by atoms with E-state index in [0.29, 0.717) is 18.1 Å². The molecule has 2 heterocycles. The van der Waals surface area contributed by atoms with Crippen LogP contribution in [0, 0.1) is 5.92 Å². The summed E-state index contributed by atoms with van der Waals surface area (Å²) in [6.07, 6.45) is 5.32.